The molecule has 1 aliphatic heterocycles. The maximum atomic E-state index is 12.8. The van der Waals surface area contributed by atoms with Crippen molar-refractivity contribution in [3.8, 4) is 0 Å². The lowest BCUT2D eigenvalue weighted by molar-refractivity contribution is -0.119. The van der Waals surface area contributed by atoms with Crippen molar-refractivity contribution in [1.82, 2.24) is 20.0 Å². The van der Waals surface area contributed by atoms with Crippen LogP contribution in [0.5, 0.6) is 0 Å². The molecule has 0 unspecified atom stereocenters. The molecule has 1 saturated heterocycles. The molecule has 3 N–H and O–H groups in total. The van der Waals surface area contributed by atoms with Crippen LogP contribution in [0.15, 0.2) is 6.07 Å². The summed E-state index contributed by atoms with van der Waals surface area (Å²) in [5.41, 5.74) is 6.64. The Morgan fingerprint density at radius 2 is 2.14 bits per heavy atom. The maximum absolute atomic E-state index is 12.8. The van der Waals surface area contributed by atoms with Crippen LogP contribution in [0.4, 0.5) is 0 Å². The molecular formula is C14H23N5O2. The molecule has 116 valence electrons. The molecule has 2 rings (SSSR count). The fraction of sp³-hybridized carbons (Fsp3) is 0.643. The van der Waals surface area contributed by atoms with Gasteiger partial charge in [0, 0.05) is 12.6 Å². The monoisotopic (exact) mass is 293 g/mol. The topological polar surface area (TPSA) is 93.2 Å². The Bertz CT molecular complexity index is 519. The summed E-state index contributed by atoms with van der Waals surface area (Å²) in [7, 11) is 0. The van der Waals surface area contributed by atoms with E-state index in [1.165, 1.54) is 0 Å². The Balaban J connectivity index is 2.26. The Morgan fingerprint density at radius 3 is 2.71 bits per heavy atom. The van der Waals surface area contributed by atoms with Crippen molar-refractivity contribution >= 4 is 11.8 Å². The number of nitrogens with one attached hydrogen (secondary N) is 1. The quantitative estimate of drug-likeness (QED) is 0.792. The molecule has 1 aromatic rings. The van der Waals surface area contributed by atoms with Gasteiger partial charge in [0.1, 0.15) is 5.69 Å². The maximum Gasteiger partial charge on any atom is 0.272 e. The highest BCUT2D eigenvalue weighted by molar-refractivity contribution is 5.95. The van der Waals surface area contributed by atoms with E-state index in [1.807, 2.05) is 13.8 Å². The molecule has 0 atom stereocenters. The highest BCUT2D eigenvalue weighted by Gasteiger charge is 2.29. The van der Waals surface area contributed by atoms with Crippen molar-refractivity contribution in [3.05, 3.63) is 17.5 Å². The number of primary amides is 1. The van der Waals surface area contributed by atoms with E-state index >= 15 is 0 Å². The van der Waals surface area contributed by atoms with Gasteiger partial charge in [-0.1, -0.05) is 0 Å². The largest absolute Gasteiger partial charge is 0.368 e. The van der Waals surface area contributed by atoms with E-state index in [0.29, 0.717) is 12.2 Å². The van der Waals surface area contributed by atoms with Crippen LogP contribution in [0.2, 0.25) is 0 Å². The molecule has 7 heteroatoms. The summed E-state index contributed by atoms with van der Waals surface area (Å²) >= 11 is 0. The van der Waals surface area contributed by atoms with Crippen LogP contribution in [-0.4, -0.2) is 52.2 Å². The Hall–Kier alpha value is -1.89. The molecule has 21 heavy (non-hydrogen) atoms. The van der Waals surface area contributed by atoms with Crippen molar-refractivity contribution in [3.63, 3.8) is 0 Å². The van der Waals surface area contributed by atoms with Crippen LogP contribution in [-0.2, 0) is 11.3 Å². The third-order valence-corrected chi connectivity index (χ3v) is 3.76. The fourth-order valence-corrected chi connectivity index (χ4v) is 2.76. The average molecular weight is 293 g/mol. The molecule has 1 aromatic heterocycles. The Morgan fingerprint density at radius 1 is 1.48 bits per heavy atom. The van der Waals surface area contributed by atoms with E-state index in [-0.39, 0.29) is 18.5 Å². The van der Waals surface area contributed by atoms with Crippen LogP contribution < -0.4 is 11.1 Å². The average Bonchev–Trinajstić information content (AvgIpc) is 2.86. The van der Waals surface area contributed by atoms with Gasteiger partial charge in [0.05, 0.1) is 12.2 Å². The number of rotatable bonds is 5. The van der Waals surface area contributed by atoms with E-state index in [2.05, 4.69) is 10.4 Å². The highest BCUT2D eigenvalue weighted by Crippen LogP contribution is 2.16. The Labute approximate surface area is 124 Å². The minimum atomic E-state index is -0.485. The summed E-state index contributed by atoms with van der Waals surface area (Å²) in [6.45, 7) is 6.06. The zero-order valence-electron chi connectivity index (χ0n) is 12.6. The summed E-state index contributed by atoms with van der Waals surface area (Å²) in [5.74, 6) is -0.649. The van der Waals surface area contributed by atoms with E-state index in [4.69, 9.17) is 5.73 Å². The molecule has 0 radical (unpaired) electrons. The third-order valence-electron chi connectivity index (χ3n) is 3.76. The predicted octanol–water partition coefficient (Wildman–Crippen LogP) is -0.109. The number of aryl methyl sites for hydroxylation is 2. The number of piperidine rings is 1. The van der Waals surface area contributed by atoms with Gasteiger partial charge in [0.25, 0.3) is 5.91 Å². The number of amides is 2. The normalized spacial score (nSPS) is 15.9. The Kier molecular flexibility index (Phi) is 4.95. The van der Waals surface area contributed by atoms with Crippen molar-refractivity contribution in [2.75, 3.05) is 19.6 Å². The first-order chi connectivity index (χ1) is 10.0. The summed E-state index contributed by atoms with van der Waals surface area (Å²) in [6, 6.07) is 1.81. The molecule has 0 aromatic carbocycles. The molecule has 0 spiro atoms. The molecular weight excluding hydrogens is 270 g/mol. The van der Waals surface area contributed by atoms with E-state index in [9.17, 15) is 9.59 Å². The number of nitrogens with zero attached hydrogens (tertiary/aromatic N) is 3. The second kappa shape index (κ2) is 6.71. The number of aromatic nitrogens is 2. The highest BCUT2D eigenvalue weighted by atomic mass is 16.2. The molecule has 1 aliphatic rings. The first-order valence-electron chi connectivity index (χ1n) is 7.37. The van der Waals surface area contributed by atoms with Gasteiger partial charge >= 0.3 is 0 Å². The second-order valence-corrected chi connectivity index (χ2v) is 5.37. The number of carbonyl (C=O) groups is 2. The number of hydrogen-bond donors (Lipinski definition) is 2. The lowest BCUT2D eigenvalue weighted by atomic mass is 10.0. The summed E-state index contributed by atoms with van der Waals surface area (Å²) in [5, 5.41) is 7.55. The van der Waals surface area contributed by atoms with Gasteiger partial charge in [-0.2, -0.15) is 5.10 Å². The van der Waals surface area contributed by atoms with E-state index in [1.54, 1.807) is 15.6 Å². The van der Waals surface area contributed by atoms with Gasteiger partial charge in [0.15, 0.2) is 0 Å². The zero-order valence-corrected chi connectivity index (χ0v) is 12.6. The summed E-state index contributed by atoms with van der Waals surface area (Å²) in [4.78, 5) is 25.8. The molecule has 0 aliphatic carbocycles. The van der Waals surface area contributed by atoms with Crippen molar-refractivity contribution in [2.24, 2.45) is 5.73 Å². The number of carbonyl (C=O) groups excluding carboxylic acids is 2. The zero-order chi connectivity index (χ0) is 15.4. The number of hydrogen-bond acceptors (Lipinski definition) is 4. The van der Waals surface area contributed by atoms with Crippen LogP contribution in [0.3, 0.4) is 0 Å². The number of nitrogens with two attached hydrogens (primary N) is 1. The summed E-state index contributed by atoms with van der Waals surface area (Å²) in [6.07, 6.45) is 1.66. The van der Waals surface area contributed by atoms with Crippen LogP contribution in [0, 0.1) is 6.92 Å². The molecule has 7 nitrogen and oxygen atoms in total. The van der Waals surface area contributed by atoms with Crippen molar-refractivity contribution < 1.29 is 9.59 Å². The smallest absolute Gasteiger partial charge is 0.272 e. The minimum Gasteiger partial charge on any atom is -0.368 e. The van der Waals surface area contributed by atoms with E-state index in [0.717, 1.165) is 31.6 Å². The lowest BCUT2D eigenvalue weighted by Gasteiger charge is -2.33. The SMILES string of the molecule is CCn1nc(C)cc1C(=O)N(CC(N)=O)C1CCNCC1. The molecule has 0 saturated carbocycles. The minimum absolute atomic E-state index is 0.0442. The van der Waals surface area contributed by atoms with Gasteiger partial charge in [0.2, 0.25) is 5.91 Å². The molecule has 0 bridgehead atoms. The van der Waals surface area contributed by atoms with Gasteiger partial charge < -0.3 is 16.0 Å². The molecule has 2 amide bonds. The third kappa shape index (κ3) is 3.60. The first kappa shape index (κ1) is 15.5. The second-order valence-electron chi connectivity index (χ2n) is 5.37. The summed E-state index contributed by atoms with van der Waals surface area (Å²) < 4.78 is 1.67. The van der Waals surface area contributed by atoms with Crippen molar-refractivity contribution in [2.45, 2.75) is 39.3 Å². The van der Waals surface area contributed by atoms with Gasteiger partial charge in [-0.25, -0.2) is 0 Å². The van der Waals surface area contributed by atoms with Gasteiger partial charge in [-0.05, 0) is 45.8 Å². The standard InChI is InChI=1S/C14H23N5O2/c1-3-19-12(8-10(2)17-19)14(21)18(9-13(15)20)11-4-6-16-7-5-11/h8,11,16H,3-7,9H2,1-2H3,(H2,15,20). The van der Waals surface area contributed by atoms with E-state index < -0.39 is 5.91 Å². The van der Waals surface area contributed by atoms with Crippen LogP contribution in [0.25, 0.3) is 0 Å². The molecule has 1 fully saturated rings. The molecule has 2 heterocycles. The predicted molar refractivity (Wildman–Crippen MR) is 78.8 cm³/mol. The van der Waals surface area contributed by atoms with Crippen molar-refractivity contribution in [1.29, 1.82) is 0 Å². The fourth-order valence-electron chi connectivity index (χ4n) is 2.76. The van der Waals surface area contributed by atoms with Gasteiger partial charge in [-0.3, -0.25) is 14.3 Å². The van der Waals surface area contributed by atoms with Crippen LogP contribution >= 0.6 is 0 Å². The van der Waals surface area contributed by atoms with Crippen LogP contribution in [0.1, 0.15) is 35.9 Å². The lowest BCUT2D eigenvalue weighted by Crippen LogP contribution is -2.49. The van der Waals surface area contributed by atoms with Gasteiger partial charge in [-0.15, -0.1) is 0 Å². The first-order valence-corrected chi connectivity index (χ1v) is 7.37.